The van der Waals surface area contributed by atoms with Gasteiger partial charge >= 0.3 is 0 Å². The molecule has 0 bridgehead atoms. The van der Waals surface area contributed by atoms with E-state index in [1.165, 1.54) is 10.6 Å². The van der Waals surface area contributed by atoms with E-state index in [0.29, 0.717) is 56.3 Å². The smallest absolute Gasteiger partial charge is 0.253 e. The van der Waals surface area contributed by atoms with Crippen molar-refractivity contribution in [3.05, 3.63) is 47.8 Å². The lowest BCUT2D eigenvalue weighted by atomic mass is 10.1. The number of rotatable bonds is 3. The molecule has 1 amide bonds. The van der Waals surface area contributed by atoms with E-state index in [4.69, 9.17) is 0 Å². The summed E-state index contributed by atoms with van der Waals surface area (Å²) in [5, 5.41) is 0. The van der Waals surface area contributed by atoms with Gasteiger partial charge in [0.25, 0.3) is 5.91 Å². The Morgan fingerprint density at radius 1 is 1.04 bits per heavy atom. The molecule has 0 aliphatic carbocycles. The number of carbonyl (C=O) groups is 1. The third-order valence-corrected chi connectivity index (χ3v) is 6.16. The second-order valence-electron chi connectivity index (χ2n) is 6.76. The highest BCUT2D eigenvalue weighted by Crippen LogP contribution is 2.31. The minimum Gasteiger partial charge on any atom is -0.337 e. The Kier molecular flexibility index (Phi) is 4.47. The van der Waals surface area contributed by atoms with E-state index < -0.39 is 10.0 Å². The Balaban J connectivity index is 1.45. The molecule has 0 spiro atoms. The molecule has 0 N–H and O–H groups in total. The van der Waals surface area contributed by atoms with Crippen LogP contribution < -0.4 is 9.21 Å². The second kappa shape index (κ2) is 6.80. The summed E-state index contributed by atoms with van der Waals surface area (Å²) in [4.78, 5) is 25.3. The molecule has 4 rings (SSSR count). The number of amides is 1. The molecular formula is C18H21N5O3S. The molecule has 2 aliphatic rings. The van der Waals surface area contributed by atoms with Crippen molar-refractivity contribution in [2.24, 2.45) is 0 Å². The quantitative estimate of drug-likeness (QED) is 0.773. The van der Waals surface area contributed by atoms with Gasteiger partial charge in [0.1, 0.15) is 0 Å². The summed E-state index contributed by atoms with van der Waals surface area (Å²) in [7, 11) is -3.28. The zero-order valence-electron chi connectivity index (χ0n) is 15.1. The van der Waals surface area contributed by atoms with Crippen LogP contribution in [-0.2, 0) is 16.4 Å². The summed E-state index contributed by atoms with van der Waals surface area (Å²) >= 11 is 0. The van der Waals surface area contributed by atoms with Gasteiger partial charge in [-0.25, -0.2) is 18.4 Å². The zero-order valence-corrected chi connectivity index (χ0v) is 15.9. The largest absolute Gasteiger partial charge is 0.337 e. The van der Waals surface area contributed by atoms with E-state index in [2.05, 4.69) is 14.9 Å². The lowest BCUT2D eigenvalue weighted by Gasteiger charge is -2.34. The number of hydrogen-bond acceptors (Lipinski definition) is 6. The summed E-state index contributed by atoms with van der Waals surface area (Å²) in [6, 6.07) is 7.07. The number of piperazine rings is 1. The lowest BCUT2D eigenvalue weighted by molar-refractivity contribution is 0.0746. The molecule has 0 unspecified atom stereocenters. The van der Waals surface area contributed by atoms with Crippen LogP contribution in [0.4, 0.5) is 11.6 Å². The van der Waals surface area contributed by atoms with E-state index in [-0.39, 0.29) is 5.91 Å². The van der Waals surface area contributed by atoms with Gasteiger partial charge in [0.2, 0.25) is 16.0 Å². The fourth-order valence-corrected chi connectivity index (χ4v) is 4.55. The first kappa shape index (κ1) is 17.7. The van der Waals surface area contributed by atoms with E-state index in [1.807, 2.05) is 11.0 Å². The number of aromatic nitrogens is 2. The number of nitrogens with zero attached hydrogens (tertiary/aromatic N) is 5. The fourth-order valence-electron chi connectivity index (χ4n) is 3.60. The van der Waals surface area contributed by atoms with Crippen LogP contribution in [0.1, 0.15) is 15.9 Å². The van der Waals surface area contributed by atoms with Crippen LogP contribution in [0.2, 0.25) is 0 Å². The topological polar surface area (TPSA) is 86.7 Å². The summed E-state index contributed by atoms with van der Waals surface area (Å²) in [6.45, 7) is 3.00. The highest BCUT2D eigenvalue weighted by molar-refractivity contribution is 7.92. The van der Waals surface area contributed by atoms with Crippen molar-refractivity contribution in [3.8, 4) is 0 Å². The molecule has 142 valence electrons. The van der Waals surface area contributed by atoms with Gasteiger partial charge in [0.15, 0.2) is 0 Å². The van der Waals surface area contributed by atoms with Gasteiger partial charge in [-0.3, -0.25) is 9.10 Å². The number of fused-ring (bicyclic) bond motifs is 1. The molecule has 0 atom stereocenters. The minimum absolute atomic E-state index is 0.0239. The van der Waals surface area contributed by atoms with E-state index in [0.717, 1.165) is 5.56 Å². The van der Waals surface area contributed by atoms with Crippen LogP contribution in [0.5, 0.6) is 0 Å². The van der Waals surface area contributed by atoms with Crippen LogP contribution in [0.15, 0.2) is 36.7 Å². The van der Waals surface area contributed by atoms with E-state index in [9.17, 15) is 13.2 Å². The molecule has 8 nitrogen and oxygen atoms in total. The maximum Gasteiger partial charge on any atom is 0.253 e. The van der Waals surface area contributed by atoms with Crippen molar-refractivity contribution in [1.29, 1.82) is 0 Å². The number of hydrogen-bond donors (Lipinski definition) is 0. The molecule has 0 saturated carbocycles. The number of anilines is 2. The van der Waals surface area contributed by atoms with Gasteiger partial charge in [-0.05, 0) is 36.2 Å². The molecule has 3 heterocycles. The Labute approximate surface area is 158 Å². The van der Waals surface area contributed by atoms with Gasteiger partial charge in [-0.15, -0.1) is 0 Å². The van der Waals surface area contributed by atoms with Gasteiger partial charge in [0, 0.05) is 50.7 Å². The number of carbonyl (C=O) groups excluding carboxylic acids is 1. The van der Waals surface area contributed by atoms with Gasteiger partial charge in [0.05, 0.1) is 11.9 Å². The first-order chi connectivity index (χ1) is 12.9. The summed E-state index contributed by atoms with van der Waals surface area (Å²) in [6.07, 6.45) is 5.26. The van der Waals surface area contributed by atoms with Crippen LogP contribution in [0.25, 0.3) is 0 Å². The van der Waals surface area contributed by atoms with Crippen molar-refractivity contribution < 1.29 is 13.2 Å². The maximum atomic E-state index is 12.9. The summed E-state index contributed by atoms with van der Waals surface area (Å²) in [5.41, 5.74) is 2.19. The average molecular weight is 387 g/mol. The van der Waals surface area contributed by atoms with E-state index >= 15 is 0 Å². The predicted octanol–water partition coefficient (Wildman–Crippen LogP) is 0.761. The van der Waals surface area contributed by atoms with Gasteiger partial charge in [-0.1, -0.05) is 0 Å². The predicted molar refractivity (Wildman–Crippen MR) is 102 cm³/mol. The summed E-state index contributed by atoms with van der Waals surface area (Å²) in [5.74, 6) is 0.659. The molecule has 0 radical (unpaired) electrons. The highest BCUT2D eigenvalue weighted by atomic mass is 32.2. The first-order valence-corrected chi connectivity index (χ1v) is 10.7. The van der Waals surface area contributed by atoms with E-state index in [1.54, 1.807) is 30.6 Å². The third kappa shape index (κ3) is 3.46. The molecule has 2 aliphatic heterocycles. The molecule has 27 heavy (non-hydrogen) atoms. The zero-order chi connectivity index (χ0) is 19.0. The SMILES string of the molecule is CS(=O)(=O)N1CCc2cc(C(=O)N3CCN(c4ncccn4)CC3)ccc21. The molecular weight excluding hydrogens is 366 g/mol. The third-order valence-electron chi connectivity index (χ3n) is 4.98. The van der Waals surface area contributed by atoms with Crippen LogP contribution in [-0.4, -0.2) is 68.2 Å². The lowest BCUT2D eigenvalue weighted by Crippen LogP contribution is -2.49. The Hall–Kier alpha value is -2.68. The minimum atomic E-state index is -3.28. The first-order valence-electron chi connectivity index (χ1n) is 8.85. The molecule has 1 aromatic heterocycles. The second-order valence-corrected chi connectivity index (χ2v) is 8.66. The Morgan fingerprint density at radius 2 is 1.74 bits per heavy atom. The van der Waals surface area contributed by atoms with Gasteiger partial charge in [-0.2, -0.15) is 0 Å². The van der Waals surface area contributed by atoms with Crippen LogP contribution in [0, 0.1) is 0 Å². The Bertz CT molecular complexity index is 956. The fraction of sp³-hybridized carbons (Fsp3) is 0.389. The molecule has 2 aromatic rings. The van der Waals surface area contributed by atoms with Crippen molar-refractivity contribution in [2.45, 2.75) is 6.42 Å². The molecule has 1 aromatic carbocycles. The van der Waals surface area contributed by atoms with Gasteiger partial charge < -0.3 is 9.80 Å². The summed E-state index contributed by atoms with van der Waals surface area (Å²) < 4.78 is 25.1. The average Bonchev–Trinajstić information content (AvgIpc) is 3.12. The molecule has 1 fully saturated rings. The Morgan fingerprint density at radius 3 is 2.41 bits per heavy atom. The van der Waals surface area contributed by atoms with Crippen LogP contribution >= 0.6 is 0 Å². The molecule has 1 saturated heterocycles. The van der Waals surface area contributed by atoms with Crippen molar-refractivity contribution in [1.82, 2.24) is 14.9 Å². The van der Waals surface area contributed by atoms with Crippen LogP contribution in [0.3, 0.4) is 0 Å². The van der Waals surface area contributed by atoms with Crippen molar-refractivity contribution >= 4 is 27.6 Å². The standard InChI is InChI=1S/C18H21N5O3S/c1-27(25,26)23-8-5-14-13-15(3-4-16(14)23)17(24)21-9-11-22(12-10-21)18-19-6-2-7-20-18/h2-4,6-7,13H,5,8-12H2,1H3. The number of sulfonamides is 1. The maximum absolute atomic E-state index is 12.9. The van der Waals surface area contributed by atoms with Crippen molar-refractivity contribution in [3.63, 3.8) is 0 Å². The monoisotopic (exact) mass is 387 g/mol. The number of benzene rings is 1. The molecule has 9 heteroatoms. The normalized spacial score (nSPS) is 17.1. The highest BCUT2D eigenvalue weighted by Gasteiger charge is 2.28. The van der Waals surface area contributed by atoms with Crippen molar-refractivity contribution in [2.75, 3.05) is 48.2 Å².